The van der Waals surface area contributed by atoms with Crippen molar-refractivity contribution >= 4 is 43.7 Å². The number of amides is 2. The fourth-order valence-corrected chi connectivity index (χ4v) is 2.80. The molecule has 0 unspecified atom stereocenters. The van der Waals surface area contributed by atoms with Gasteiger partial charge in [-0.05, 0) is 12.8 Å². The number of hydrogen-bond acceptors (Lipinski definition) is 2. The van der Waals surface area contributed by atoms with Crippen LogP contribution in [0.1, 0.15) is 25.7 Å². The molecule has 16 heavy (non-hydrogen) atoms. The molecule has 4 nitrogen and oxygen atoms in total. The van der Waals surface area contributed by atoms with Gasteiger partial charge in [0.25, 0.3) is 0 Å². The molecule has 0 aliphatic rings. The first-order valence-electron chi connectivity index (χ1n) is 5.29. The number of primary amides is 1. The number of unbranched alkanes of at least 4 members (excludes halogenated alkanes) is 2. The summed E-state index contributed by atoms with van der Waals surface area (Å²) in [5.74, 6) is -0.225. The van der Waals surface area contributed by atoms with E-state index in [1.807, 2.05) is 0 Å². The van der Waals surface area contributed by atoms with Gasteiger partial charge in [0.05, 0.1) is 5.92 Å². The molecule has 2 amide bonds. The predicted molar refractivity (Wildman–Crippen MR) is 71.8 cm³/mol. The van der Waals surface area contributed by atoms with Gasteiger partial charge >= 0.3 is 0 Å². The molecule has 0 aromatic rings. The summed E-state index contributed by atoms with van der Waals surface area (Å²) in [4.78, 5) is 22.0. The summed E-state index contributed by atoms with van der Waals surface area (Å²) in [5, 5.41) is 4.17. The molecule has 0 fully saturated rings. The zero-order valence-corrected chi connectivity index (χ0v) is 12.3. The van der Waals surface area contributed by atoms with Gasteiger partial charge in [0.2, 0.25) is 11.8 Å². The Labute approximate surface area is 113 Å². The normalized spacial score (nSPS) is 10.4. The van der Waals surface area contributed by atoms with Crippen LogP contribution in [-0.4, -0.2) is 29.0 Å². The maximum absolute atomic E-state index is 11.5. The number of hydrogen-bond donors (Lipinski definition) is 2. The van der Waals surface area contributed by atoms with Crippen molar-refractivity contribution in [2.24, 2.45) is 11.7 Å². The largest absolute Gasteiger partial charge is 0.370 e. The predicted octanol–water partition coefficient (Wildman–Crippen LogP) is 1.55. The summed E-state index contributed by atoms with van der Waals surface area (Å²) in [7, 11) is 0. The maximum Gasteiger partial charge on any atom is 0.224 e. The lowest BCUT2D eigenvalue weighted by atomic mass is 10.1. The first-order chi connectivity index (χ1) is 7.61. The molecule has 0 heterocycles. The van der Waals surface area contributed by atoms with Crippen LogP contribution in [0.4, 0.5) is 0 Å². The highest BCUT2D eigenvalue weighted by molar-refractivity contribution is 9.09. The summed E-state index contributed by atoms with van der Waals surface area (Å²) >= 11 is 6.57. The standard InChI is InChI=1S/C10H18Br2N2O2/c11-6-8(7-12)10(16)14-5-3-1-2-4-9(13)15/h8H,1-7H2,(H2,13,15)(H,14,16). The van der Waals surface area contributed by atoms with Crippen LogP contribution in [0.25, 0.3) is 0 Å². The highest BCUT2D eigenvalue weighted by atomic mass is 79.9. The van der Waals surface area contributed by atoms with E-state index in [0.717, 1.165) is 19.3 Å². The Hall–Kier alpha value is -0.100. The van der Waals surface area contributed by atoms with Gasteiger partial charge in [0.1, 0.15) is 0 Å². The summed E-state index contributed by atoms with van der Waals surface area (Å²) < 4.78 is 0. The second-order valence-electron chi connectivity index (χ2n) is 3.57. The van der Waals surface area contributed by atoms with Crippen LogP contribution in [0.3, 0.4) is 0 Å². The van der Waals surface area contributed by atoms with Gasteiger partial charge in [-0.1, -0.05) is 38.3 Å². The Kier molecular flexibility index (Phi) is 10.0. The van der Waals surface area contributed by atoms with Crippen LogP contribution < -0.4 is 11.1 Å². The van der Waals surface area contributed by atoms with Crippen LogP contribution in [0.5, 0.6) is 0 Å². The average Bonchev–Trinajstić information content (AvgIpc) is 2.24. The number of carbonyl (C=O) groups is 2. The first-order valence-corrected chi connectivity index (χ1v) is 7.54. The lowest BCUT2D eigenvalue weighted by Gasteiger charge is -2.10. The Balaban J connectivity index is 3.44. The molecular formula is C10H18Br2N2O2. The Bertz CT molecular complexity index is 221. The minimum Gasteiger partial charge on any atom is -0.370 e. The number of alkyl halides is 2. The van der Waals surface area contributed by atoms with E-state index < -0.39 is 0 Å². The van der Waals surface area contributed by atoms with E-state index in [2.05, 4.69) is 37.2 Å². The highest BCUT2D eigenvalue weighted by Crippen LogP contribution is 2.05. The van der Waals surface area contributed by atoms with Gasteiger partial charge in [0, 0.05) is 23.6 Å². The molecule has 0 atom stereocenters. The van der Waals surface area contributed by atoms with Crippen molar-refractivity contribution in [1.29, 1.82) is 0 Å². The lowest BCUT2D eigenvalue weighted by Crippen LogP contribution is -2.33. The summed E-state index contributed by atoms with van der Waals surface area (Å²) in [6, 6.07) is 0. The fourth-order valence-electron chi connectivity index (χ4n) is 1.14. The molecule has 0 saturated carbocycles. The molecule has 0 aliphatic heterocycles. The molecule has 0 aliphatic carbocycles. The minimum atomic E-state index is -0.261. The van der Waals surface area contributed by atoms with Gasteiger partial charge in [-0.2, -0.15) is 0 Å². The third kappa shape index (κ3) is 8.10. The van der Waals surface area contributed by atoms with E-state index in [1.54, 1.807) is 0 Å². The molecule has 0 rings (SSSR count). The van der Waals surface area contributed by atoms with Crippen molar-refractivity contribution in [3.8, 4) is 0 Å². The van der Waals surface area contributed by atoms with Gasteiger partial charge in [-0.25, -0.2) is 0 Å². The van der Waals surface area contributed by atoms with Crippen LogP contribution >= 0.6 is 31.9 Å². The molecule has 94 valence electrons. The zero-order chi connectivity index (χ0) is 12.4. The molecular weight excluding hydrogens is 340 g/mol. The Morgan fingerprint density at radius 2 is 1.75 bits per heavy atom. The van der Waals surface area contributed by atoms with Crippen molar-refractivity contribution in [2.45, 2.75) is 25.7 Å². The number of rotatable bonds is 9. The lowest BCUT2D eigenvalue weighted by molar-refractivity contribution is -0.123. The van der Waals surface area contributed by atoms with Crippen LogP contribution in [0.2, 0.25) is 0 Å². The van der Waals surface area contributed by atoms with Crippen molar-refractivity contribution in [3.63, 3.8) is 0 Å². The monoisotopic (exact) mass is 356 g/mol. The van der Waals surface area contributed by atoms with E-state index in [9.17, 15) is 9.59 Å². The number of nitrogens with two attached hydrogens (primary N) is 1. The zero-order valence-electron chi connectivity index (χ0n) is 9.18. The van der Waals surface area contributed by atoms with Crippen LogP contribution in [0.15, 0.2) is 0 Å². The Morgan fingerprint density at radius 1 is 1.12 bits per heavy atom. The number of halogens is 2. The van der Waals surface area contributed by atoms with E-state index in [1.165, 1.54) is 0 Å². The van der Waals surface area contributed by atoms with E-state index >= 15 is 0 Å². The highest BCUT2D eigenvalue weighted by Gasteiger charge is 2.14. The van der Waals surface area contributed by atoms with Crippen molar-refractivity contribution in [2.75, 3.05) is 17.2 Å². The molecule has 3 N–H and O–H groups in total. The summed E-state index contributed by atoms with van der Waals surface area (Å²) in [6.45, 7) is 0.661. The van der Waals surface area contributed by atoms with Crippen molar-refractivity contribution < 1.29 is 9.59 Å². The van der Waals surface area contributed by atoms with Crippen LogP contribution in [-0.2, 0) is 9.59 Å². The smallest absolute Gasteiger partial charge is 0.224 e. The van der Waals surface area contributed by atoms with Crippen molar-refractivity contribution in [1.82, 2.24) is 5.32 Å². The second-order valence-corrected chi connectivity index (χ2v) is 4.87. The Morgan fingerprint density at radius 3 is 2.25 bits per heavy atom. The number of nitrogens with one attached hydrogen (secondary N) is 1. The van der Waals surface area contributed by atoms with E-state index in [-0.39, 0.29) is 17.7 Å². The third-order valence-electron chi connectivity index (χ3n) is 2.14. The third-order valence-corrected chi connectivity index (χ3v) is 3.71. The molecule has 0 aromatic carbocycles. The van der Waals surface area contributed by atoms with E-state index in [4.69, 9.17) is 5.73 Å². The molecule has 0 aromatic heterocycles. The van der Waals surface area contributed by atoms with Gasteiger partial charge in [0.15, 0.2) is 0 Å². The SMILES string of the molecule is NC(=O)CCCCCNC(=O)C(CBr)CBr. The van der Waals surface area contributed by atoms with E-state index in [0.29, 0.717) is 23.6 Å². The van der Waals surface area contributed by atoms with Gasteiger partial charge in [-0.15, -0.1) is 0 Å². The topological polar surface area (TPSA) is 72.2 Å². The molecule has 6 heteroatoms. The minimum absolute atomic E-state index is 0.0226. The fraction of sp³-hybridized carbons (Fsp3) is 0.800. The van der Waals surface area contributed by atoms with Gasteiger partial charge in [-0.3, -0.25) is 9.59 Å². The summed E-state index contributed by atoms with van der Waals surface area (Å²) in [5.41, 5.74) is 5.01. The van der Waals surface area contributed by atoms with Gasteiger partial charge < -0.3 is 11.1 Å². The molecule has 0 spiro atoms. The molecule has 0 radical (unpaired) electrons. The maximum atomic E-state index is 11.5. The molecule has 0 saturated heterocycles. The number of carbonyl (C=O) groups excluding carboxylic acids is 2. The van der Waals surface area contributed by atoms with Crippen LogP contribution in [0, 0.1) is 5.92 Å². The second kappa shape index (κ2) is 10.1. The molecule has 0 bridgehead atoms. The average molecular weight is 358 g/mol. The quantitative estimate of drug-likeness (QED) is 0.485. The first kappa shape index (κ1) is 15.9. The van der Waals surface area contributed by atoms with Crippen molar-refractivity contribution in [3.05, 3.63) is 0 Å². The summed E-state index contributed by atoms with van der Waals surface area (Å²) in [6.07, 6.45) is 3.03.